The van der Waals surface area contributed by atoms with Gasteiger partial charge in [-0.25, -0.2) is 0 Å². The van der Waals surface area contributed by atoms with E-state index in [1.807, 2.05) is 12.1 Å². The number of rotatable bonds is 4. The summed E-state index contributed by atoms with van der Waals surface area (Å²) >= 11 is 0. The summed E-state index contributed by atoms with van der Waals surface area (Å²) in [7, 11) is 0. The summed E-state index contributed by atoms with van der Waals surface area (Å²) in [6.45, 7) is 1.47. The van der Waals surface area contributed by atoms with Crippen molar-refractivity contribution >= 4 is 11.6 Å². The van der Waals surface area contributed by atoms with Crippen LogP contribution in [0.1, 0.15) is 19.3 Å². The van der Waals surface area contributed by atoms with Crippen LogP contribution in [0.5, 0.6) is 5.75 Å². The van der Waals surface area contributed by atoms with Crippen molar-refractivity contribution in [3.05, 3.63) is 24.3 Å². The number of aliphatic hydroxyl groups excluding tert-OH is 1. The number of carbonyl (C=O) groups excluding carboxylic acids is 1. The highest BCUT2D eigenvalue weighted by atomic mass is 16.5. The predicted molar refractivity (Wildman–Crippen MR) is 72.8 cm³/mol. The maximum atomic E-state index is 11.9. The van der Waals surface area contributed by atoms with Crippen LogP contribution < -0.4 is 10.5 Å². The van der Waals surface area contributed by atoms with E-state index in [-0.39, 0.29) is 12.0 Å². The number of likely N-dealkylation sites (tertiary alicyclic amines) is 1. The molecule has 19 heavy (non-hydrogen) atoms. The van der Waals surface area contributed by atoms with Crippen molar-refractivity contribution in [2.75, 3.05) is 25.4 Å². The standard InChI is InChI=1S/C14H20N2O3/c15-12-5-1-2-6-13(12)19-9-7-14(18)16-8-3-4-11(17)10-16/h1-2,5-6,11,17H,3-4,7-10,15H2. The van der Waals surface area contributed by atoms with Gasteiger partial charge in [0, 0.05) is 13.1 Å². The lowest BCUT2D eigenvalue weighted by Crippen LogP contribution is -2.42. The molecule has 0 bridgehead atoms. The molecule has 1 atom stereocenters. The van der Waals surface area contributed by atoms with Gasteiger partial charge in [0.15, 0.2) is 0 Å². The van der Waals surface area contributed by atoms with Gasteiger partial charge in [-0.3, -0.25) is 4.79 Å². The fourth-order valence-electron chi connectivity index (χ4n) is 2.20. The SMILES string of the molecule is Nc1ccccc1OCCC(=O)N1CCCC(O)C1. The van der Waals surface area contributed by atoms with E-state index in [1.54, 1.807) is 17.0 Å². The number of anilines is 1. The molecule has 1 aromatic rings. The van der Waals surface area contributed by atoms with Crippen molar-refractivity contribution in [2.24, 2.45) is 0 Å². The Hall–Kier alpha value is -1.75. The first-order chi connectivity index (χ1) is 9.16. The van der Waals surface area contributed by atoms with Crippen molar-refractivity contribution in [3.8, 4) is 5.75 Å². The highest BCUT2D eigenvalue weighted by molar-refractivity contribution is 5.76. The smallest absolute Gasteiger partial charge is 0.226 e. The van der Waals surface area contributed by atoms with Gasteiger partial charge in [0.05, 0.1) is 24.8 Å². The summed E-state index contributed by atoms with van der Waals surface area (Å²) in [5, 5.41) is 9.53. The van der Waals surface area contributed by atoms with E-state index in [0.29, 0.717) is 31.0 Å². The summed E-state index contributed by atoms with van der Waals surface area (Å²) in [5.74, 6) is 0.627. The van der Waals surface area contributed by atoms with Crippen LogP contribution in [0, 0.1) is 0 Å². The van der Waals surface area contributed by atoms with Crippen molar-refractivity contribution in [3.63, 3.8) is 0 Å². The molecule has 0 aliphatic carbocycles. The van der Waals surface area contributed by atoms with E-state index in [9.17, 15) is 9.90 Å². The molecule has 1 heterocycles. The second-order valence-electron chi connectivity index (χ2n) is 4.77. The summed E-state index contributed by atoms with van der Waals surface area (Å²) in [5.41, 5.74) is 6.32. The molecule has 0 spiro atoms. The molecule has 1 aromatic carbocycles. The van der Waals surface area contributed by atoms with Gasteiger partial charge in [-0.05, 0) is 25.0 Å². The quantitative estimate of drug-likeness (QED) is 0.796. The van der Waals surface area contributed by atoms with Crippen LogP contribution in [-0.2, 0) is 4.79 Å². The molecule has 1 aliphatic heterocycles. The summed E-state index contributed by atoms with van der Waals surface area (Å²) in [4.78, 5) is 13.6. The van der Waals surface area contributed by atoms with Gasteiger partial charge in [-0.15, -0.1) is 0 Å². The van der Waals surface area contributed by atoms with Gasteiger partial charge in [0.1, 0.15) is 5.75 Å². The monoisotopic (exact) mass is 264 g/mol. The van der Waals surface area contributed by atoms with Crippen LogP contribution in [0.25, 0.3) is 0 Å². The highest BCUT2D eigenvalue weighted by Gasteiger charge is 2.21. The van der Waals surface area contributed by atoms with Crippen LogP contribution >= 0.6 is 0 Å². The van der Waals surface area contributed by atoms with Crippen LogP contribution in [-0.4, -0.2) is 41.7 Å². The Balaban J connectivity index is 1.76. The molecule has 2 rings (SSSR count). The van der Waals surface area contributed by atoms with E-state index >= 15 is 0 Å². The molecule has 104 valence electrons. The zero-order valence-corrected chi connectivity index (χ0v) is 10.9. The Morgan fingerprint density at radius 2 is 2.26 bits per heavy atom. The lowest BCUT2D eigenvalue weighted by atomic mass is 10.1. The van der Waals surface area contributed by atoms with Crippen LogP contribution in [0.15, 0.2) is 24.3 Å². The number of amides is 1. The maximum Gasteiger partial charge on any atom is 0.226 e. The Labute approximate surface area is 113 Å². The number of nitrogen functional groups attached to an aromatic ring is 1. The average Bonchev–Trinajstić information content (AvgIpc) is 2.41. The Morgan fingerprint density at radius 1 is 1.47 bits per heavy atom. The fraction of sp³-hybridized carbons (Fsp3) is 0.500. The van der Waals surface area contributed by atoms with Crippen molar-refractivity contribution < 1.29 is 14.6 Å². The minimum atomic E-state index is -0.386. The van der Waals surface area contributed by atoms with Crippen molar-refractivity contribution in [1.29, 1.82) is 0 Å². The number of benzene rings is 1. The lowest BCUT2D eigenvalue weighted by Gasteiger charge is -2.30. The zero-order chi connectivity index (χ0) is 13.7. The Kier molecular flexibility index (Phi) is 4.63. The summed E-state index contributed by atoms with van der Waals surface area (Å²) < 4.78 is 5.49. The number of piperidine rings is 1. The van der Waals surface area contributed by atoms with E-state index < -0.39 is 0 Å². The van der Waals surface area contributed by atoms with Gasteiger partial charge >= 0.3 is 0 Å². The van der Waals surface area contributed by atoms with Crippen LogP contribution in [0.2, 0.25) is 0 Å². The van der Waals surface area contributed by atoms with E-state index in [0.717, 1.165) is 19.4 Å². The molecule has 0 aromatic heterocycles. The summed E-state index contributed by atoms with van der Waals surface area (Å²) in [6.07, 6.45) is 1.56. The molecule has 1 fully saturated rings. The third kappa shape index (κ3) is 3.86. The number of nitrogens with two attached hydrogens (primary N) is 1. The molecule has 1 amide bonds. The minimum Gasteiger partial charge on any atom is -0.491 e. The first-order valence-corrected chi connectivity index (χ1v) is 6.60. The van der Waals surface area contributed by atoms with Gasteiger partial charge in [-0.1, -0.05) is 12.1 Å². The number of β-amino-alcohol motifs (C(OH)–C–C–N with tert-alkyl or cyclic N) is 1. The highest BCUT2D eigenvalue weighted by Crippen LogP contribution is 2.20. The average molecular weight is 264 g/mol. The number of ether oxygens (including phenoxy) is 1. The van der Waals surface area contributed by atoms with E-state index in [4.69, 9.17) is 10.5 Å². The molecule has 0 saturated carbocycles. The van der Waals surface area contributed by atoms with Gasteiger partial charge in [-0.2, -0.15) is 0 Å². The topological polar surface area (TPSA) is 75.8 Å². The number of para-hydroxylation sites is 2. The second-order valence-corrected chi connectivity index (χ2v) is 4.77. The van der Waals surface area contributed by atoms with E-state index in [2.05, 4.69) is 0 Å². The van der Waals surface area contributed by atoms with Crippen molar-refractivity contribution in [2.45, 2.75) is 25.4 Å². The number of nitrogens with zero attached hydrogens (tertiary/aromatic N) is 1. The van der Waals surface area contributed by atoms with Gasteiger partial charge < -0.3 is 20.5 Å². The number of carbonyl (C=O) groups is 1. The van der Waals surface area contributed by atoms with Crippen LogP contribution in [0.3, 0.4) is 0 Å². The fourth-order valence-corrected chi connectivity index (χ4v) is 2.20. The molecule has 5 heteroatoms. The molecule has 0 radical (unpaired) electrons. The second kappa shape index (κ2) is 6.43. The third-order valence-electron chi connectivity index (χ3n) is 3.24. The molecule has 1 saturated heterocycles. The number of hydrogen-bond acceptors (Lipinski definition) is 4. The Morgan fingerprint density at radius 3 is 3.00 bits per heavy atom. The van der Waals surface area contributed by atoms with Gasteiger partial charge in [0.25, 0.3) is 0 Å². The zero-order valence-electron chi connectivity index (χ0n) is 10.9. The molecule has 5 nitrogen and oxygen atoms in total. The predicted octanol–water partition coefficient (Wildman–Crippen LogP) is 1.02. The Bertz CT molecular complexity index is 436. The van der Waals surface area contributed by atoms with Crippen LogP contribution in [0.4, 0.5) is 5.69 Å². The molecular weight excluding hydrogens is 244 g/mol. The first kappa shape index (κ1) is 13.7. The first-order valence-electron chi connectivity index (χ1n) is 6.60. The molecule has 3 N–H and O–H groups in total. The normalized spacial score (nSPS) is 19.2. The van der Waals surface area contributed by atoms with Crippen molar-refractivity contribution in [1.82, 2.24) is 4.90 Å². The molecule has 1 aliphatic rings. The largest absolute Gasteiger partial charge is 0.491 e. The molecule has 1 unspecified atom stereocenters. The minimum absolute atomic E-state index is 0.0215. The maximum absolute atomic E-state index is 11.9. The van der Waals surface area contributed by atoms with Gasteiger partial charge in [0.2, 0.25) is 5.91 Å². The lowest BCUT2D eigenvalue weighted by molar-refractivity contribution is -0.134. The third-order valence-corrected chi connectivity index (χ3v) is 3.24. The molecular formula is C14H20N2O3. The number of hydrogen-bond donors (Lipinski definition) is 2. The van der Waals surface area contributed by atoms with E-state index in [1.165, 1.54) is 0 Å². The number of aliphatic hydroxyl groups is 1. The summed E-state index contributed by atoms with van der Waals surface area (Å²) in [6, 6.07) is 7.22.